The zero-order valence-electron chi connectivity index (χ0n) is 13.1. The van der Waals surface area contributed by atoms with Gasteiger partial charge in [0, 0.05) is 4.90 Å². The Hall–Kier alpha value is -2.45. The van der Waals surface area contributed by atoms with Crippen molar-refractivity contribution >= 4 is 22.8 Å². The number of hydrogen-bond acceptors (Lipinski definition) is 4. The highest BCUT2D eigenvalue weighted by Gasteiger charge is 2.12. The summed E-state index contributed by atoms with van der Waals surface area (Å²) in [7, 11) is 1.67. The molecule has 1 N–H and O–H groups in total. The van der Waals surface area contributed by atoms with E-state index in [1.807, 2.05) is 36.0 Å². The number of aromatic amines is 1. The number of imidazole rings is 1. The molecule has 0 atom stereocenters. The fourth-order valence-electron chi connectivity index (χ4n) is 2.38. The molecule has 1 aromatic heterocycles. The minimum absolute atomic E-state index is 0.617. The lowest BCUT2D eigenvalue weighted by Crippen LogP contribution is -1.90. The van der Waals surface area contributed by atoms with E-state index in [1.54, 1.807) is 13.2 Å². The molecule has 5 heteroatoms. The van der Waals surface area contributed by atoms with E-state index < -0.39 is 0 Å². The van der Waals surface area contributed by atoms with E-state index in [1.165, 1.54) is 4.90 Å². The molecule has 116 valence electrons. The van der Waals surface area contributed by atoms with Gasteiger partial charge in [0.1, 0.15) is 11.6 Å². The third-order valence-corrected chi connectivity index (χ3v) is 4.71. The second-order valence-electron chi connectivity index (χ2n) is 5.14. The van der Waals surface area contributed by atoms with E-state index in [0.717, 1.165) is 40.3 Å². The van der Waals surface area contributed by atoms with Gasteiger partial charge in [-0.05, 0) is 48.6 Å². The molecule has 0 radical (unpaired) electrons. The molecule has 0 unspecified atom stereocenters. The number of nitrogens with zero attached hydrogens (tertiary/aromatic N) is 2. The van der Waals surface area contributed by atoms with E-state index in [-0.39, 0.29) is 0 Å². The topological polar surface area (TPSA) is 61.7 Å². The number of methoxy groups -OCH3 is 1. The Bertz CT molecular complexity index is 880. The van der Waals surface area contributed by atoms with Gasteiger partial charge in [0.2, 0.25) is 0 Å². The number of hydrogen-bond donors (Lipinski definition) is 1. The molecule has 1 heterocycles. The number of nitriles is 1. The number of aromatic nitrogens is 2. The van der Waals surface area contributed by atoms with Gasteiger partial charge in [-0.1, -0.05) is 6.92 Å². The molecule has 3 aromatic rings. The maximum absolute atomic E-state index is 9.00. The molecule has 3 rings (SSSR count). The van der Waals surface area contributed by atoms with E-state index in [9.17, 15) is 0 Å². The van der Waals surface area contributed by atoms with Crippen LogP contribution in [0.3, 0.4) is 0 Å². The molecule has 0 aliphatic rings. The highest BCUT2D eigenvalue weighted by Crippen LogP contribution is 2.33. The van der Waals surface area contributed by atoms with Gasteiger partial charge in [0.25, 0.3) is 0 Å². The zero-order chi connectivity index (χ0) is 16.2. The lowest BCUT2D eigenvalue weighted by atomic mass is 10.2. The first-order chi connectivity index (χ1) is 11.2. The molecular formula is C18H17N3OS. The van der Waals surface area contributed by atoms with Crippen LogP contribution >= 0.6 is 11.8 Å². The van der Waals surface area contributed by atoms with Crippen molar-refractivity contribution in [1.82, 2.24) is 9.97 Å². The van der Waals surface area contributed by atoms with Crippen molar-refractivity contribution in [3.63, 3.8) is 0 Å². The standard InChI is InChI=1S/C18H17N3OS/c1-3-8-23-13-5-6-14(17(10-13)22-2)18-20-15-7-4-12(11-19)9-16(15)21-18/h4-7,9-10H,3,8H2,1-2H3,(H,20,21). The molecule has 0 aliphatic heterocycles. The molecule has 0 saturated heterocycles. The van der Waals surface area contributed by atoms with Crippen LogP contribution in [0, 0.1) is 11.3 Å². The lowest BCUT2D eigenvalue weighted by molar-refractivity contribution is 0.415. The Morgan fingerprint density at radius 3 is 2.87 bits per heavy atom. The molecule has 4 nitrogen and oxygen atoms in total. The lowest BCUT2D eigenvalue weighted by Gasteiger charge is -2.08. The molecular weight excluding hydrogens is 306 g/mol. The van der Waals surface area contributed by atoms with Crippen molar-refractivity contribution in [1.29, 1.82) is 5.26 Å². The van der Waals surface area contributed by atoms with Crippen molar-refractivity contribution in [3.05, 3.63) is 42.0 Å². The summed E-state index contributed by atoms with van der Waals surface area (Å²) in [5.41, 5.74) is 3.23. The van der Waals surface area contributed by atoms with Crippen molar-refractivity contribution < 1.29 is 4.74 Å². The summed E-state index contributed by atoms with van der Waals surface area (Å²) in [5, 5.41) is 9.00. The van der Waals surface area contributed by atoms with E-state index in [0.29, 0.717) is 5.56 Å². The molecule has 23 heavy (non-hydrogen) atoms. The number of thioether (sulfide) groups is 1. The van der Waals surface area contributed by atoms with Gasteiger partial charge < -0.3 is 9.72 Å². The summed E-state index contributed by atoms with van der Waals surface area (Å²) in [6, 6.07) is 13.7. The van der Waals surface area contributed by atoms with Crippen LogP contribution in [0.1, 0.15) is 18.9 Å². The molecule has 2 aromatic carbocycles. The Kier molecular flexibility index (Phi) is 4.54. The Morgan fingerprint density at radius 2 is 2.13 bits per heavy atom. The number of H-pyrrole nitrogens is 1. The van der Waals surface area contributed by atoms with Gasteiger partial charge >= 0.3 is 0 Å². The van der Waals surface area contributed by atoms with Crippen LogP contribution in [0.5, 0.6) is 5.75 Å². The summed E-state index contributed by atoms with van der Waals surface area (Å²) in [5.74, 6) is 2.63. The van der Waals surface area contributed by atoms with Crippen LogP contribution in [0.15, 0.2) is 41.3 Å². The Balaban J connectivity index is 2.02. The molecule has 0 bridgehead atoms. The first kappa shape index (κ1) is 15.4. The largest absolute Gasteiger partial charge is 0.496 e. The molecule has 0 aliphatic carbocycles. The normalized spacial score (nSPS) is 10.7. The highest BCUT2D eigenvalue weighted by molar-refractivity contribution is 7.99. The summed E-state index contributed by atoms with van der Waals surface area (Å²) in [6.07, 6.45) is 1.14. The smallest absolute Gasteiger partial charge is 0.142 e. The van der Waals surface area contributed by atoms with Crippen LogP contribution in [-0.4, -0.2) is 22.8 Å². The second kappa shape index (κ2) is 6.76. The fourth-order valence-corrected chi connectivity index (χ4v) is 3.18. The third-order valence-electron chi connectivity index (χ3n) is 3.51. The van der Waals surface area contributed by atoms with Gasteiger partial charge in [-0.15, -0.1) is 11.8 Å². The monoisotopic (exact) mass is 323 g/mol. The van der Waals surface area contributed by atoms with Gasteiger partial charge in [0.05, 0.1) is 35.3 Å². The van der Waals surface area contributed by atoms with Gasteiger partial charge in [-0.2, -0.15) is 5.26 Å². The molecule has 0 saturated carbocycles. The van der Waals surface area contributed by atoms with E-state index in [4.69, 9.17) is 10.00 Å². The summed E-state index contributed by atoms with van der Waals surface area (Å²) >= 11 is 1.82. The van der Waals surface area contributed by atoms with Crippen molar-refractivity contribution in [2.75, 3.05) is 12.9 Å². The van der Waals surface area contributed by atoms with Crippen LogP contribution in [0.4, 0.5) is 0 Å². The summed E-state index contributed by atoms with van der Waals surface area (Å²) in [6.45, 7) is 2.17. The summed E-state index contributed by atoms with van der Waals surface area (Å²) in [4.78, 5) is 9.07. The van der Waals surface area contributed by atoms with Crippen LogP contribution in [0.25, 0.3) is 22.4 Å². The van der Waals surface area contributed by atoms with Crippen LogP contribution in [0.2, 0.25) is 0 Å². The minimum atomic E-state index is 0.617. The second-order valence-corrected chi connectivity index (χ2v) is 6.31. The van der Waals surface area contributed by atoms with Crippen LogP contribution < -0.4 is 4.74 Å². The molecule has 0 amide bonds. The predicted molar refractivity (Wildman–Crippen MR) is 93.8 cm³/mol. The molecule has 0 fully saturated rings. The van der Waals surface area contributed by atoms with Gasteiger partial charge in [0.15, 0.2) is 0 Å². The number of rotatable bonds is 5. The maximum atomic E-state index is 9.00. The zero-order valence-corrected chi connectivity index (χ0v) is 13.9. The predicted octanol–water partition coefficient (Wildman–Crippen LogP) is 4.61. The van der Waals surface area contributed by atoms with Gasteiger partial charge in [-0.3, -0.25) is 0 Å². The quantitative estimate of drug-likeness (QED) is 0.696. The minimum Gasteiger partial charge on any atom is -0.496 e. The number of ether oxygens (including phenoxy) is 1. The molecule has 0 spiro atoms. The van der Waals surface area contributed by atoms with Crippen molar-refractivity contribution in [2.45, 2.75) is 18.2 Å². The average Bonchev–Trinajstić information content (AvgIpc) is 3.02. The number of benzene rings is 2. The first-order valence-electron chi connectivity index (χ1n) is 7.46. The van der Waals surface area contributed by atoms with E-state index in [2.05, 4.69) is 29.0 Å². The average molecular weight is 323 g/mol. The number of nitrogens with one attached hydrogen (secondary N) is 1. The summed E-state index contributed by atoms with van der Waals surface area (Å²) < 4.78 is 5.54. The van der Waals surface area contributed by atoms with E-state index >= 15 is 0 Å². The SMILES string of the molecule is CCCSc1ccc(-c2nc3ccc(C#N)cc3[nH]2)c(OC)c1. The first-order valence-corrected chi connectivity index (χ1v) is 8.44. The van der Waals surface area contributed by atoms with Crippen molar-refractivity contribution in [3.8, 4) is 23.2 Å². The third kappa shape index (κ3) is 3.17. The fraction of sp³-hybridized carbons (Fsp3) is 0.222. The highest BCUT2D eigenvalue weighted by atomic mass is 32.2. The number of fused-ring (bicyclic) bond motifs is 1. The Morgan fingerprint density at radius 1 is 1.26 bits per heavy atom. The Labute approximate surface area is 139 Å². The van der Waals surface area contributed by atoms with Crippen LogP contribution in [-0.2, 0) is 0 Å². The van der Waals surface area contributed by atoms with Crippen molar-refractivity contribution in [2.24, 2.45) is 0 Å². The maximum Gasteiger partial charge on any atom is 0.142 e. The van der Waals surface area contributed by atoms with Gasteiger partial charge in [-0.25, -0.2) is 4.98 Å².